The number of benzene rings is 2. The molecule has 2 aromatic carbocycles. The highest BCUT2D eigenvalue weighted by atomic mass is 127. The van der Waals surface area contributed by atoms with E-state index in [1.807, 2.05) is 31.4 Å². The summed E-state index contributed by atoms with van der Waals surface area (Å²) >= 11 is 2.24. The van der Waals surface area contributed by atoms with E-state index in [1.165, 1.54) is 18.4 Å². The molecule has 1 saturated heterocycles. The van der Waals surface area contributed by atoms with Crippen LogP contribution in [0.4, 0.5) is 0 Å². The number of phenolic OH excluding ortho intramolecular Hbond substituents is 1. The first kappa shape index (κ1) is 22.4. The van der Waals surface area contributed by atoms with Gasteiger partial charge in [-0.05, 0) is 103 Å². The average molecular weight is 586 g/mol. The molecule has 7 heteroatoms. The molecule has 3 fully saturated rings. The number of hydrogen-bond acceptors (Lipinski definition) is 5. The van der Waals surface area contributed by atoms with Crippen molar-refractivity contribution in [2.24, 2.45) is 5.92 Å². The van der Waals surface area contributed by atoms with Crippen LogP contribution in [0.15, 0.2) is 36.4 Å². The van der Waals surface area contributed by atoms with E-state index in [4.69, 9.17) is 9.47 Å². The van der Waals surface area contributed by atoms with Gasteiger partial charge in [-0.3, -0.25) is 9.69 Å². The number of likely N-dealkylation sites (tertiary alicyclic amines) is 1. The fourth-order valence-corrected chi connectivity index (χ4v) is 8.44. The predicted octanol–water partition coefficient (Wildman–Crippen LogP) is 4.01. The standard InChI is InChI=1S/C28H31IN2O4/c1-34-28-10-9-20(30-26(33)18-3-2-4-19(29)13-18)25-27(28)11-12-31(15-16-5-6-16)22(28)14-17-7-8-21(32)24(35-25)23(17)27/h2-4,7-8,13,16,20,22,25,32H,5-6,9-12,14-15H2,1H3,(H,30,33)/t20-,22?,25?,27+,28-/m1/s1. The number of methoxy groups -OCH3 is 1. The lowest BCUT2D eigenvalue weighted by Crippen LogP contribution is -2.78. The minimum absolute atomic E-state index is 0.0719. The Balaban J connectivity index is 1.31. The Morgan fingerprint density at radius 2 is 2.11 bits per heavy atom. The highest BCUT2D eigenvalue weighted by Gasteiger charge is 2.74. The van der Waals surface area contributed by atoms with Crippen LogP contribution in [0.25, 0.3) is 0 Å². The molecule has 3 aliphatic carbocycles. The molecule has 2 aliphatic heterocycles. The van der Waals surface area contributed by atoms with Crippen molar-refractivity contribution in [1.82, 2.24) is 10.2 Å². The summed E-state index contributed by atoms with van der Waals surface area (Å²) in [6.07, 6.45) is 5.88. The van der Waals surface area contributed by atoms with E-state index in [0.717, 1.165) is 53.8 Å². The van der Waals surface area contributed by atoms with Crippen LogP contribution in [0.3, 0.4) is 0 Å². The summed E-state index contributed by atoms with van der Waals surface area (Å²) in [5, 5.41) is 14.2. The average Bonchev–Trinajstić information content (AvgIpc) is 3.60. The summed E-state index contributed by atoms with van der Waals surface area (Å²) in [6, 6.07) is 11.7. The van der Waals surface area contributed by atoms with Gasteiger partial charge in [0.1, 0.15) is 6.10 Å². The summed E-state index contributed by atoms with van der Waals surface area (Å²) in [4.78, 5) is 16.0. The maximum atomic E-state index is 13.3. The highest BCUT2D eigenvalue weighted by Crippen LogP contribution is 2.66. The van der Waals surface area contributed by atoms with E-state index in [0.29, 0.717) is 11.3 Å². The number of rotatable bonds is 5. The van der Waals surface area contributed by atoms with Crippen LogP contribution < -0.4 is 10.1 Å². The SMILES string of the molecule is CO[C@@]12CC[C@@H](NC(=O)c3cccc(I)c3)C3Oc4c(O)ccc5c4[C@@]31CCN(CC1CC1)C2C5. The van der Waals surface area contributed by atoms with Crippen molar-refractivity contribution in [1.29, 1.82) is 0 Å². The zero-order valence-electron chi connectivity index (χ0n) is 19.9. The number of carbonyl (C=O) groups is 1. The van der Waals surface area contributed by atoms with Crippen molar-refractivity contribution in [2.45, 2.75) is 67.7 Å². The molecule has 35 heavy (non-hydrogen) atoms. The molecule has 0 radical (unpaired) electrons. The van der Waals surface area contributed by atoms with Gasteiger partial charge in [0.25, 0.3) is 5.91 Å². The molecule has 2 N–H and O–H groups in total. The highest BCUT2D eigenvalue weighted by molar-refractivity contribution is 14.1. The minimum atomic E-state index is -0.389. The first-order chi connectivity index (χ1) is 17.0. The van der Waals surface area contributed by atoms with Gasteiger partial charge < -0.3 is 19.9 Å². The Kier molecular flexibility index (Phi) is 5.00. The van der Waals surface area contributed by atoms with Crippen LogP contribution in [0.2, 0.25) is 0 Å². The summed E-state index contributed by atoms with van der Waals surface area (Å²) in [6.45, 7) is 2.14. The zero-order valence-corrected chi connectivity index (χ0v) is 22.1. The van der Waals surface area contributed by atoms with E-state index in [1.54, 1.807) is 6.07 Å². The Labute approximate surface area is 219 Å². The number of nitrogens with zero attached hydrogens (tertiary/aromatic N) is 1. The van der Waals surface area contributed by atoms with Crippen LogP contribution in [-0.2, 0) is 16.6 Å². The molecule has 2 aromatic rings. The first-order valence-electron chi connectivity index (χ1n) is 12.8. The Morgan fingerprint density at radius 3 is 2.89 bits per heavy atom. The van der Waals surface area contributed by atoms with Gasteiger partial charge in [0.15, 0.2) is 11.5 Å². The summed E-state index contributed by atoms with van der Waals surface area (Å²) in [5.41, 5.74) is 2.30. The number of piperidine rings is 1. The lowest BCUT2D eigenvalue weighted by atomic mass is 9.48. The van der Waals surface area contributed by atoms with Crippen LogP contribution in [-0.4, -0.2) is 59.9 Å². The van der Waals surface area contributed by atoms with Gasteiger partial charge in [-0.25, -0.2) is 0 Å². The number of halogens is 1. The third kappa shape index (κ3) is 3.04. The van der Waals surface area contributed by atoms with Crippen LogP contribution in [0.5, 0.6) is 11.5 Å². The number of carbonyl (C=O) groups excluding carboxylic acids is 1. The molecule has 6 nitrogen and oxygen atoms in total. The predicted molar refractivity (Wildman–Crippen MR) is 140 cm³/mol. The molecular formula is C28H31IN2O4. The molecule has 1 spiro atoms. The molecule has 2 heterocycles. The fourth-order valence-electron chi connectivity index (χ4n) is 7.90. The van der Waals surface area contributed by atoms with Crippen LogP contribution in [0.1, 0.15) is 53.6 Å². The molecule has 0 aromatic heterocycles. The number of nitrogens with one attached hydrogen (secondary N) is 1. The Hall–Kier alpha value is -1.84. The van der Waals surface area contributed by atoms with E-state index in [2.05, 4.69) is 38.9 Å². The molecule has 5 aliphatic rings. The second kappa shape index (κ2) is 7.83. The topological polar surface area (TPSA) is 71.0 Å². The van der Waals surface area contributed by atoms with Crippen molar-refractivity contribution < 1.29 is 19.4 Å². The zero-order chi connectivity index (χ0) is 23.9. The molecule has 5 atom stereocenters. The number of ether oxygens (including phenoxy) is 2. The largest absolute Gasteiger partial charge is 0.504 e. The van der Waals surface area contributed by atoms with Crippen molar-refractivity contribution in [2.75, 3.05) is 20.2 Å². The van der Waals surface area contributed by atoms with Gasteiger partial charge in [0.2, 0.25) is 0 Å². The molecule has 2 unspecified atom stereocenters. The lowest BCUT2D eigenvalue weighted by Gasteiger charge is -2.65. The number of aromatic hydroxyl groups is 1. The molecule has 1 amide bonds. The quantitative estimate of drug-likeness (QED) is 0.519. The van der Waals surface area contributed by atoms with E-state index in [-0.39, 0.29) is 40.9 Å². The maximum absolute atomic E-state index is 13.3. The van der Waals surface area contributed by atoms with Gasteiger partial charge in [0.05, 0.1) is 17.1 Å². The second-order valence-corrected chi connectivity index (χ2v) is 12.3. The Bertz CT molecular complexity index is 1220. The monoisotopic (exact) mass is 586 g/mol. The summed E-state index contributed by atoms with van der Waals surface area (Å²) in [5.74, 6) is 1.55. The van der Waals surface area contributed by atoms with Crippen molar-refractivity contribution >= 4 is 28.5 Å². The normalized spacial score (nSPS) is 34.7. The minimum Gasteiger partial charge on any atom is -0.504 e. The molecule has 2 saturated carbocycles. The number of phenols is 1. The van der Waals surface area contributed by atoms with Crippen LogP contribution >= 0.6 is 22.6 Å². The third-order valence-electron chi connectivity index (χ3n) is 9.49. The molecule has 2 bridgehead atoms. The fraction of sp³-hybridized carbons (Fsp3) is 0.536. The second-order valence-electron chi connectivity index (χ2n) is 11.1. The Morgan fingerprint density at radius 1 is 1.26 bits per heavy atom. The summed E-state index contributed by atoms with van der Waals surface area (Å²) in [7, 11) is 1.86. The van der Waals surface area contributed by atoms with Gasteiger partial charge in [-0.2, -0.15) is 0 Å². The van der Waals surface area contributed by atoms with Crippen molar-refractivity contribution in [3.63, 3.8) is 0 Å². The molecule has 184 valence electrons. The van der Waals surface area contributed by atoms with E-state index < -0.39 is 0 Å². The van der Waals surface area contributed by atoms with Gasteiger partial charge in [0, 0.05) is 34.4 Å². The maximum Gasteiger partial charge on any atom is 0.251 e. The van der Waals surface area contributed by atoms with E-state index >= 15 is 0 Å². The van der Waals surface area contributed by atoms with Gasteiger partial charge >= 0.3 is 0 Å². The number of amides is 1. The van der Waals surface area contributed by atoms with Crippen molar-refractivity contribution in [3.8, 4) is 11.5 Å². The van der Waals surface area contributed by atoms with E-state index in [9.17, 15) is 9.90 Å². The van der Waals surface area contributed by atoms with Gasteiger partial charge in [-0.1, -0.05) is 12.1 Å². The smallest absolute Gasteiger partial charge is 0.251 e. The number of hydrogen-bond donors (Lipinski definition) is 2. The lowest BCUT2D eigenvalue weighted by molar-refractivity contribution is -0.207. The van der Waals surface area contributed by atoms with Crippen molar-refractivity contribution in [3.05, 3.63) is 56.7 Å². The van der Waals surface area contributed by atoms with Gasteiger partial charge in [-0.15, -0.1) is 0 Å². The van der Waals surface area contributed by atoms with Crippen LogP contribution in [0, 0.1) is 9.49 Å². The molecular weight excluding hydrogens is 555 g/mol. The third-order valence-corrected chi connectivity index (χ3v) is 10.2. The molecule has 7 rings (SSSR count). The summed E-state index contributed by atoms with van der Waals surface area (Å²) < 4.78 is 14.3. The first-order valence-corrected chi connectivity index (χ1v) is 13.9.